The normalized spacial score (nSPS) is 27.5. The fraction of sp³-hybridized carbons (Fsp3) is 0.857. The zero-order chi connectivity index (χ0) is 8.10. The van der Waals surface area contributed by atoms with Crippen molar-refractivity contribution in [2.24, 2.45) is 5.73 Å². The van der Waals surface area contributed by atoms with Gasteiger partial charge in [0.2, 0.25) is 0 Å². The van der Waals surface area contributed by atoms with Crippen LogP contribution >= 0.6 is 0 Å². The Labute approximate surface area is 68.2 Å². The number of rotatable bonds is 2. The number of hydrogen-bond acceptors (Lipinski definition) is 3. The molecule has 0 saturated carbocycles. The molecule has 1 aliphatic rings. The average molecular weight is 153 g/mol. The van der Waals surface area contributed by atoms with E-state index in [0.717, 1.165) is 38.5 Å². The standard InChI is InChI=1S/C7H14BN2O/c9-7-2-1-4-10(5-3-7)8-6-11/h6-7H,1-5,9H2/t7-/m1/s1. The molecule has 0 aromatic heterocycles. The van der Waals surface area contributed by atoms with E-state index in [4.69, 9.17) is 5.73 Å². The molecule has 1 radical (unpaired) electrons. The van der Waals surface area contributed by atoms with Crippen molar-refractivity contribution in [3.63, 3.8) is 0 Å². The van der Waals surface area contributed by atoms with Crippen LogP contribution in [0.15, 0.2) is 0 Å². The van der Waals surface area contributed by atoms with Gasteiger partial charge in [-0.2, -0.15) is 0 Å². The molecule has 61 valence electrons. The molecule has 2 N–H and O–H groups in total. The van der Waals surface area contributed by atoms with E-state index in [1.54, 1.807) is 7.41 Å². The molecule has 0 aromatic carbocycles. The molecular formula is C7H14BN2O. The first kappa shape index (κ1) is 8.75. The Morgan fingerprint density at radius 3 is 3.00 bits per heavy atom. The number of nitrogens with zero attached hydrogens (tertiary/aromatic N) is 1. The first-order valence-electron chi connectivity index (χ1n) is 4.11. The summed E-state index contributed by atoms with van der Waals surface area (Å²) in [6.45, 7) is 1.91. The molecule has 1 fully saturated rings. The van der Waals surface area contributed by atoms with Gasteiger partial charge in [0.25, 0.3) is 7.41 Å². The predicted octanol–water partition coefficient (Wildman–Crippen LogP) is -0.391. The summed E-state index contributed by atoms with van der Waals surface area (Å²) < 4.78 is 0. The Morgan fingerprint density at radius 2 is 2.27 bits per heavy atom. The lowest BCUT2D eigenvalue weighted by molar-refractivity contribution is 0.459. The Bertz CT molecular complexity index is 132. The fourth-order valence-electron chi connectivity index (χ4n) is 1.38. The van der Waals surface area contributed by atoms with Gasteiger partial charge in [0.1, 0.15) is 0 Å². The third-order valence-electron chi connectivity index (χ3n) is 2.08. The lowest BCUT2D eigenvalue weighted by Crippen LogP contribution is -2.30. The molecular weight excluding hydrogens is 139 g/mol. The maximum atomic E-state index is 10.1. The van der Waals surface area contributed by atoms with E-state index in [0.29, 0.717) is 6.04 Å². The molecule has 0 bridgehead atoms. The zero-order valence-electron chi connectivity index (χ0n) is 6.70. The highest BCUT2D eigenvalue weighted by Gasteiger charge is 2.13. The van der Waals surface area contributed by atoms with Crippen molar-refractivity contribution >= 4 is 13.6 Å². The average Bonchev–Trinajstić information content (AvgIpc) is 2.17. The molecule has 1 aliphatic heterocycles. The van der Waals surface area contributed by atoms with Crippen molar-refractivity contribution in [2.75, 3.05) is 13.1 Å². The van der Waals surface area contributed by atoms with E-state index in [1.165, 1.54) is 0 Å². The van der Waals surface area contributed by atoms with Gasteiger partial charge in [-0.1, -0.05) is 0 Å². The number of carbonyl (C=O) groups excluding carboxylic acids is 1. The smallest absolute Gasteiger partial charge is 0.293 e. The molecule has 0 amide bonds. The van der Waals surface area contributed by atoms with Crippen molar-refractivity contribution in [3.05, 3.63) is 0 Å². The summed E-state index contributed by atoms with van der Waals surface area (Å²) in [6.07, 6.45) is 4.04. The van der Waals surface area contributed by atoms with Crippen LogP contribution < -0.4 is 5.73 Å². The van der Waals surface area contributed by atoms with E-state index in [-0.39, 0.29) is 0 Å². The second-order valence-electron chi connectivity index (χ2n) is 3.01. The summed E-state index contributed by atoms with van der Waals surface area (Å²) >= 11 is 0. The van der Waals surface area contributed by atoms with E-state index < -0.39 is 0 Å². The second-order valence-corrected chi connectivity index (χ2v) is 3.01. The topological polar surface area (TPSA) is 46.3 Å². The largest absolute Gasteiger partial charge is 0.340 e. The van der Waals surface area contributed by atoms with Crippen LogP contribution in [0.1, 0.15) is 19.3 Å². The molecule has 1 saturated heterocycles. The number of nitrogens with two attached hydrogens (primary N) is 1. The molecule has 1 heterocycles. The van der Waals surface area contributed by atoms with Crippen LogP contribution in [0.5, 0.6) is 0 Å². The molecule has 3 nitrogen and oxygen atoms in total. The van der Waals surface area contributed by atoms with Gasteiger partial charge in [0.05, 0.1) is 6.19 Å². The summed E-state index contributed by atoms with van der Waals surface area (Å²) in [4.78, 5) is 12.2. The Hall–Kier alpha value is -0.345. The highest BCUT2D eigenvalue weighted by Crippen LogP contribution is 2.07. The van der Waals surface area contributed by atoms with Crippen molar-refractivity contribution in [1.29, 1.82) is 0 Å². The first-order chi connectivity index (χ1) is 5.33. The van der Waals surface area contributed by atoms with Gasteiger partial charge in [-0.25, -0.2) is 0 Å². The van der Waals surface area contributed by atoms with Crippen LogP contribution in [-0.4, -0.2) is 37.5 Å². The first-order valence-corrected chi connectivity index (χ1v) is 4.11. The molecule has 0 aliphatic carbocycles. The van der Waals surface area contributed by atoms with Crippen LogP contribution in [0.2, 0.25) is 0 Å². The van der Waals surface area contributed by atoms with Gasteiger partial charge in [-0.15, -0.1) is 0 Å². The lowest BCUT2D eigenvalue weighted by atomic mass is 9.94. The van der Waals surface area contributed by atoms with Crippen LogP contribution in [0.3, 0.4) is 0 Å². The fourth-order valence-corrected chi connectivity index (χ4v) is 1.38. The molecule has 1 rings (SSSR count). The van der Waals surface area contributed by atoms with Gasteiger partial charge in [-0.3, -0.25) is 0 Å². The SMILES string of the molecule is N[C@@H]1CCCN([B]C=O)CC1. The van der Waals surface area contributed by atoms with Gasteiger partial charge in [-0.05, 0) is 32.4 Å². The summed E-state index contributed by atoms with van der Waals surface area (Å²) in [7, 11) is 1.61. The lowest BCUT2D eigenvalue weighted by Gasteiger charge is -2.14. The molecule has 0 unspecified atom stereocenters. The Kier molecular flexibility index (Phi) is 3.59. The maximum Gasteiger partial charge on any atom is 0.293 e. The van der Waals surface area contributed by atoms with Gasteiger partial charge in [0.15, 0.2) is 0 Å². The summed E-state index contributed by atoms with van der Waals surface area (Å²) in [5.41, 5.74) is 5.76. The Morgan fingerprint density at radius 1 is 1.45 bits per heavy atom. The molecule has 4 heteroatoms. The quantitative estimate of drug-likeness (QED) is 0.434. The minimum atomic E-state index is 0.333. The summed E-state index contributed by atoms with van der Waals surface area (Å²) in [6, 6.07) is 0.333. The highest BCUT2D eigenvalue weighted by molar-refractivity contribution is 6.64. The minimum absolute atomic E-state index is 0.333. The molecule has 1 atom stereocenters. The summed E-state index contributed by atoms with van der Waals surface area (Å²) in [5.74, 6) is 0. The zero-order valence-corrected chi connectivity index (χ0v) is 6.70. The minimum Gasteiger partial charge on any atom is -0.340 e. The van der Waals surface area contributed by atoms with E-state index in [2.05, 4.69) is 0 Å². The van der Waals surface area contributed by atoms with Gasteiger partial charge in [0, 0.05) is 6.04 Å². The van der Waals surface area contributed by atoms with Gasteiger partial charge < -0.3 is 15.3 Å². The molecule has 0 aromatic rings. The maximum absolute atomic E-state index is 10.1. The van der Waals surface area contributed by atoms with Crippen LogP contribution in [-0.2, 0) is 4.79 Å². The highest BCUT2D eigenvalue weighted by atomic mass is 16.1. The van der Waals surface area contributed by atoms with Crippen LogP contribution in [0, 0.1) is 0 Å². The van der Waals surface area contributed by atoms with E-state index in [1.807, 2.05) is 4.81 Å². The van der Waals surface area contributed by atoms with E-state index >= 15 is 0 Å². The van der Waals surface area contributed by atoms with Crippen molar-refractivity contribution < 1.29 is 4.79 Å². The molecule has 11 heavy (non-hydrogen) atoms. The molecule has 0 spiro atoms. The van der Waals surface area contributed by atoms with Crippen LogP contribution in [0.25, 0.3) is 0 Å². The third kappa shape index (κ3) is 3.03. The third-order valence-corrected chi connectivity index (χ3v) is 2.08. The van der Waals surface area contributed by atoms with Gasteiger partial charge >= 0.3 is 0 Å². The second kappa shape index (κ2) is 4.52. The Balaban J connectivity index is 2.27. The van der Waals surface area contributed by atoms with Crippen molar-refractivity contribution in [3.8, 4) is 0 Å². The van der Waals surface area contributed by atoms with Crippen molar-refractivity contribution in [2.45, 2.75) is 25.3 Å². The van der Waals surface area contributed by atoms with Crippen molar-refractivity contribution in [1.82, 2.24) is 4.81 Å². The monoisotopic (exact) mass is 153 g/mol. The van der Waals surface area contributed by atoms with Crippen LogP contribution in [0.4, 0.5) is 0 Å². The predicted molar refractivity (Wildman–Crippen MR) is 45.9 cm³/mol. The van der Waals surface area contributed by atoms with E-state index in [9.17, 15) is 4.79 Å². The number of hydrogen-bond donors (Lipinski definition) is 1. The number of carbonyl (C=O) groups is 1. The summed E-state index contributed by atoms with van der Waals surface area (Å²) in [5, 5.41) is 0.